The summed E-state index contributed by atoms with van der Waals surface area (Å²) in [4.78, 5) is 14.4. The molecule has 0 aliphatic carbocycles. The molecule has 4 nitrogen and oxygen atoms in total. The van der Waals surface area contributed by atoms with E-state index >= 15 is 0 Å². The van der Waals surface area contributed by atoms with Gasteiger partial charge >= 0.3 is 0 Å². The molecule has 90 valence electrons. The molecule has 0 saturated carbocycles. The third-order valence-corrected chi connectivity index (χ3v) is 4.07. The summed E-state index contributed by atoms with van der Waals surface area (Å²) in [5, 5.41) is 2.60. The normalized spacial score (nSPS) is 12.8. The molecule has 1 heterocycles. The molecule has 0 saturated heterocycles. The molecule has 1 unspecified atom stereocenters. The Morgan fingerprint density at radius 3 is 2.81 bits per heavy atom. The van der Waals surface area contributed by atoms with Crippen molar-refractivity contribution in [2.24, 2.45) is 5.73 Å². The smallest absolute Gasteiger partial charge is 0.233 e. The predicted molar refractivity (Wildman–Crippen MR) is 70.5 cm³/mol. The summed E-state index contributed by atoms with van der Waals surface area (Å²) in [5.41, 5.74) is 5.75. The molecule has 1 atom stereocenters. The van der Waals surface area contributed by atoms with Crippen molar-refractivity contribution in [1.82, 2.24) is 10.2 Å². The van der Waals surface area contributed by atoms with Gasteiger partial charge in [-0.25, -0.2) is 0 Å². The largest absolute Gasteiger partial charge is 0.358 e. The number of halogens is 1. The Morgan fingerprint density at radius 1 is 1.69 bits per heavy atom. The molecule has 1 aromatic heterocycles. The molecule has 6 heteroatoms. The van der Waals surface area contributed by atoms with Gasteiger partial charge in [0.05, 0.1) is 16.4 Å². The Bertz CT molecular complexity index is 356. The lowest BCUT2D eigenvalue weighted by Crippen LogP contribution is -2.37. The number of nitrogens with two attached hydrogens (primary N) is 1. The monoisotopic (exact) mass is 305 g/mol. The molecule has 1 amide bonds. The maximum Gasteiger partial charge on any atom is 0.233 e. The highest BCUT2D eigenvalue weighted by Crippen LogP contribution is 2.29. The number of carbonyl (C=O) groups is 1. The summed E-state index contributed by atoms with van der Waals surface area (Å²) in [6, 6.07) is 4.12. The number of amides is 1. The quantitative estimate of drug-likeness (QED) is 0.859. The molecule has 3 N–H and O–H groups in total. The first kappa shape index (κ1) is 13.6. The van der Waals surface area contributed by atoms with E-state index in [2.05, 4.69) is 21.2 Å². The molecule has 0 radical (unpaired) electrons. The first-order valence-corrected chi connectivity index (χ1v) is 6.55. The molecule has 0 fully saturated rings. The van der Waals surface area contributed by atoms with E-state index in [1.54, 1.807) is 18.4 Å². The van der Waals surface area contributed by atoms with Crippen LogP contribution in [0.5, 0.6) is 0 Å². The van der Waals surface area contributed by atoms with Gasteiger partial charge in [0, 0.05) is 18.5 Å². The first-order chi connectivity index (χ1) is 7.58. The number of hydrogen-bond donors (Lipinski definition) is 2. The molecule has 16 heavy (non-hydrogen) atoms. The van der Waals surface area contributed by atoms with Crippen molar-refractivity contribution in [2.45, 2.75) is 6.04 Å². The fourth-order valence-corrected chi connectivity index (χ4v) is 3.04. The van der Waals surface area contributed by atoms with E-state index < -0.39 is 0 Å². The number of rotatable bonds is 5. The van der Waals surface area contributed by atoms with E-state index in [-0.39, 0.29) is 11.9 Å². The summed E-state index contributed by atoms with van der Waals surface area (Å²) in [7, 11) is 3.54. The van der Waals surface area contributed by atoms with Gasteiger partial charge in [-0.1, -0.05) is 0 Å². The van der Waals surface area contributed by atoms with Crippen LogP contribution < -0.4 is 11.1 Å². The Labute approximate surface area is 108 Å². The van der Waals surface area contributed by atoms with Crippen LogP contribution in [-0.4, -0.2) is 38.0 Å². The number of nitrogens with zero attached hydrogens (tertiary/aromatic N) is 1. The third kappa shape index (κ3) is 3.55. The minimum atomic E-state index is -0.00317. The fraction of sp³-hybridized carbons (Fsp3) is 0.500. The molecule has 1 aromatic rings. The van der Waals surface area contributed by atoms with Crippen LogP contribution in [0.15, 0.2) is 15.9 Å². The maximum atomic E-state index is 11.3. The second-order valence-electron chi connectivity index (χ2n) is 3.48. The second-order valence-corrected chi connectivity index (χ2v) is 5.98. The number of carbonyl (C=O) groups excluding carboxylic acids is 1. The van der Waals surface area contributed by atoms with Gasteiger partial charge in [-0.2, -0.15) is 0 Å². The maximum absolute atomic E-state index is 11.3. The van der Waals surface area contributed by atoms with Crippen molar-refractivity contribution in [3.63, 3.8) is 0 Å². The molecule has 0 aliphatic heterocycles. The summed E-state index contributed by atoms with van der Waals surface area (Å²) in [6.45, 7) is 0.855. The van der Waals surface area contributed by atoms with Crippen LogP contribution in [0.4, 0.5) is 0 Å². The molecule has 1 rings (SSSR count). The van der Waals surface area contributed by atoms with Crippen molar-refractivity contribution in [3.8, 4) is 0 Å². The Balaban J connectivity index is 2.70. The lowest BCUT2D eigenvalue weighted by atomic mass is 10.2. The fourth-order valence-electron chi connectivity index (χ4n) is 1.44. The van der Waals surface area contributed by atoms with Gasteiger partial charge in [-0.05, 0) is 35.1 Å². The van der Waals surface area contributed by atoms with Crippen LogP contribution in [0.1, 0.15) is 10.9 Å². The highest BCUT2D eigenvalue weighted by atomic mass is 79.9. The average molecular weight is 306 g/mol. The third-order valence-electron chi connectivity index (χ3n) is 2.35. The van der Waals surface area contributed by atoms with Crippen LogP contribution in [0, 0.1) is 0 Å². The molecule has 0 bridgehead atoms. The first-order valence-electron chi connectivity index (χ1n) is 4.94. The van der Waals surface area contributed by atoms with Crippen LogP contribution in [0.25, 0.3) is 0 Å². The SMILES string of the molecule is CNC(=O)CN(C)C(CN)c1ccc(Br)s1. The summed E-state index contributed by atoms with van der Waals surface area (Å²) < 4.78 is 1.08. The summed E-state index contributed by atoms with van der Waals surface area (Å²) >= 11 is 5.07. The lowest BCUT2D eigenvalue weighted by molar-refractivity contribution is -0.121. The van der Waals surface area contributed by atoms with Crippen LogP contribution in [0.3, 0.4) is 0 Å². The van der Waals surface area contributed by atoms with Gasteiger partial charge in [0.2, 0.25) is 5.91 Å². The number of likely N-dealkylation sites (N-methyl/N-ethyl adjacent to an activating group) is 2. The lowest BCUT2D eigenvalue weighted by Gasteiger charge is -2.25. The summed E-state index contributed by atoms with van der Waals surface area (Å²) in [5.74, 6) is -0.00317. The van der Waals surface area contributed by atoms with Crippen molar-refractivity contribution < 1.29 is 4.79 Å². The van der Waals surface area contributed by atoms with E-state index in [4.69, 9.17) is 5.73 Å². The van der Waals surface area contributed by atoms with Crippen LogP contribution >= 0.6 is 27.3 Å². The van der Waals surface area contributed by atoms with Gasteiger partial charge in [-0.3, -0.25) is 9.69 Å². The van der Waals surface area contributed by atoms with Gasteiger partial charge in [0.25, 0.3) is 0 Å². The van der Waals surface area contributed by atoms with Gasteiger partial charge in [-0.15, -0.1) is 11.3 Å². The van der Waals surface area contributed by atoms with E-state index in [1.807, 2.05) is 24.1 Å². The van der Waals surface area contributed by atoms with Crippen LogP contribution in [-0.2, 0) is 4.79 Å². The average Bonchev–Trinajstić information content (AvgIpc) is 2.65. The molecular weight excluding hydrogens is 290 g/mol. The number of nitrogens with one attached hydrogen (secondary N) is 1. The van der Waals surface area contributed by atoms with Gasteiger partial charge in [0.15, 0.2) is 0 Å². The Hall–Kier alpha value is -0.430. The molecular formula is C10H16BrN3OS. The minimum absolute atomic E-state index is 0.00317. The molecule has 0 spiro atoms. The van der Waals surface area contributed by atoms with E-state index in [0.29, 0.717) is 13.1 Å². The number of hydrogen-bond acceptors (Lipinski definition) is 4. The predicted octanol–water partition coefficient (Wildman–Crippen LogP) is 1.19. The Kier molecular flexibility index (Phi) is 5.40. The molecule has 0 aliphatic rings. The highest BCUT2D eigenvalue weighted by molar-refractivity contribution is 9.11. The van der Waals surface area contributed by atoms with E-state index in [1.165, 1.54) is 4.88 Å². The minimum Gasteiger partial charge on any atom is -0.358 e. The zero-order valence-electron chi connectivity index (χ0n) is 9.37. The zero-order valence-corrected chi connectivity index (χ0v) is 11.8. The van der Waals surface area contributed by atoms with E-state index in [0.717, 1.165) is 3.79 Å². The second kappa shape index (κ2) is 6.34. The van der Waals surface area contributed by atoms with E-state index in [9.17, 15) is 4.79 Å². The topological polar surface area (TPSA) is 58.4 Å². The van der Waals surface area contributed by atoms with Crippen molar-refractivity contribution >= 4 is 33.2 Å². The standard InChI is InChI=1S/C10H16BrN3OS/c1-13-10(15)6-14(2)7(5-12)8-3-4-9(11)16-8/h3-4,7H,5-6,12H2,1-2H3,(H,13,15). The zero-order chi connectivity index (χ0) is 12.1. The van der Waals surface area contributed by atoms with Gasteiger partial charge in [0.1, 0.15) is 0 Å². The highest BCUT2D eigenvalue weighted by Gasteiger charge is 2.18. The van der Waals surface area contributed by atoms with Crippen molar-refractivity contribution in [3.05, 3.63) is 20.8 Å². The number of thiophene rings is 1. The van der Waals surface area contributed by atoms with Gasteiger partial charge < -0.3 is 11.1 Å². The van der Waals surface area contributed by atoms with Crippen molar-refractivity contribution in [2.75, 3.05) is 27.2 Å². The van der Waals surface area contributed by atoms with Crippen molar-refractivity contribution in [1.29, 1.82) is 0 Å². The molecule has 0 aromatic carbocycles. The Morgan fingerprint density at radius 2 is 2.38 bits per heavy atom. The summed E-state index contributed by atoms with van der Waals surface area (Å²) in [6.07, 6.45) is 0. The van der Waals surface area contributed by atoms with Crippen LogP contribution in [0.2, 0.25) is 0 Å².